The minimum atomic E-state index is -3.60. The molecule has 24 heavy (non-hydrogen) atoms. The third kappa shape index (κ3) is 4.53. The Hall–Kier alpha value is -1.96. The topological polar surface area (TPSA) is 73.9 Å². The molecule has 2 rings (SSSR count). The molecule has 0 saturated carbocycles. The first kappa shape index (κ1) is 18.4. The van der Waals surface area contributed by atoms with E-state index in [-0.39, 0.29) is 18.0 Å². The van der Waals surface area contributed by atoms with Gasteiger partial charge in [0.25, 0.3) is 0 Å². The second-order valence-electron chi connectivity index (χ2n) is 4.69. The quantitative estimate of drug-likeness (QED) is 0.722. The molecule has 0 spiro atoms. The van der Waals surface area contributed by atoms with Crippen molar-refractivity contribution in [2.75, 3.05) is 27.4 Å². The summed E-state index contributed by atoms with van der Waals surface area (Å²) in [6.07, 6.45) is 0. The molecule has 0 bridgehead atoms. The molecule has 2 aromatic rings. The number of hydrogen-bond acceptors (Lipinski definition) is 5. The molecule has 0 fully saturated rings. The highest BCUT2D eigenvalue weighted by Crippen LogP contribution is 2.36. The molecule has 0 heterocycles. The maximum atomic E-state index is 12.1. The lowest BCUT2D eigenvalue weighted by molar-refractivity contribution is 0.287. The number of ether oxygens (including phenoxy) is 3. The number of halogens is 1. The average Bonchev–Trinajstić information content (AvgIpc) is 2.58. The van der Waals surface area contributed by atoms with Gasteiger partial charge in [-0.1, -0.05) is 17.7 Å². The molecule has 0 aliphatic heterocycles. The maximum absolute atomic E-state index is 12.1. The Labute approximate surface area is 146 Å². The van der Waals surface area contributed by atoms with Crippen molar-refractivity contribution < 1.29 is 22.6 Å². The van der Waals surface area contributed by atoms with Crippen LogP contribution in [0, 0.1) is 0 Å². The molecule has 2 aromatic carbocycles. The molecular formula is C16H18ClNO5S. The van der Waals surface area contributed by atoms with Gasteiger partial charge in [0.05, 0.1) is 19.1 Å². The average molecular weight is 372 g/mol. The van der Waals surface area contributed by atoms with Crippen molar-refractivity contribution >= 4 is 21.6 Å². The van der Waals surface area contributed by atoms with Crippen molar-refractivity contribution in [1.82, 2.24) is 4.72 Å². The minimum Gasteiger partial charge on any atom is -0.493 e. The van der Waals surface area contributed by atoms with E-state index in [1.54, 1.807) is 18.2 Å². The van der Waals surface area contributed by atoms with Crippen LogP contribution in [0.3, 0.4) is 0 Å². The van der Waals surface area contributed by atoms with Gasteiger partial charge in [-0.05, 0) is 36.4 Å². The minimum absolute atomic E-state index is 0.103. The van der Waals surface area contributed by atoms with E-state index in [1.165, 1.54) is 38.5 Å². The van der Waals surface area contributed by atoms with Crippen LogP contribution in [0.25, 0.3) is 0 Å². The van der Waals surface area contributed by atoms with Crippen LogP contribution in [-0.4, -0.2) is 35.8 Å². The Morgan fingerprint density at radius 2 is 1.67 bits per heavy atom. The zero-order valence-electron chi connectivity index (χ0n) is 13.3. The molecule has 130 valence electrons. The predicted molar refractivity (Wildman–Crippen MR) is 91.7 cm³/mol. The summed E-state index contributed by atoms with van der Waals surface area (Å²) in [5.41, 5.74) is 0. The van der Waals surface area contributed by atoms with Gasteiger partial charge in [0, 0.05) is 11.6 Å². The van der Waals surface area contributed by atoms with E-state index in [1.807, 2.05) is 0 Å². The molecule has 0 atom stereocenters. The molecule has 0 unspecified atom stereocenters. The number of para-hydroxylation sites is 1. The van der Waals surface area contributed by atoms with Gasteiger partial charge in [-0.2, -0.15) is 0 Å². The molecule has 0 saturated heterocycles. The van der Waals surface area contributed by atoms with Crippen molar-refractivity contribution in [2.45, 2.75) is 4.90 Å². The zero-order chi connectivity index (χ0) is 17.6. The van der Waals surface area contributed by atoms with Crippen molar-refractivity contribution in [2.24, 2.45) is 0 Å². The smallest absolute Gasteiger partial charge is 0.240 e. The van der Waals surface area contributed by atoms with E-state index < -0.39 is 10.0 Å². The summed E-state index contributed by atoms with van der Waals surface area (Å²) in [6.45, 7) is 0.238. The Balaban J connectivity index is 1.94. The number of hydrogen-bond donors (Lipinski definition) is 1. The Bertz CT molecular complexity index is 778. The standard InChI is InChI=1S/C16H18ClNO5S/c1-21-14-4-3-5-15(16(14)22-2)23-11-10-18-24(19,20)13-8-6-12(17)7-9-13/h3-9,18H,10-11H2,1-2H3. The molecule has 0 radical (unpaired) electrons. The first-order valence-corrected chi connectivity index (χ1v) is 8.93. The van der Waals surface area contributed by atoms with E-state index >= 15 is 0 Å². The summed E-state index contributed by atoms with van der Waals surface area (Å²) in [4.78, 5) is 0.144. The molecular weight excluding hydrogens is 354 g/mol. The molecule has 0 amide bonds. The fourth-order valence-corrected chi connectivity index (χ4v) is 3.14. The summed E-state index contributed by atoms with van der Waals surface area (Å²) < 4.78 is 42.7. The number of nitrogens with one attached hydrogen (secondary N) is 1. The van der Waals surface area contributed by atoms with Gasteiger partial charge in [0.15, 0.2) is 11.5 Å². The lowest BCUT2D eigenvalue weighted by Gasteiger charge is -2.13. The SMILES string of the molecule is COc1cccc(OCCNS(=O)(=O)c2ccc(Cl)cc2)c1OC. The van der Waals surface area contributed by atoms with Crippen molar-refractivity contribution in [3.63, 3.8) is 0 Å². The van der Waals surface area contributed by atoms with Crippen molar-refractivity contribution in [3.05, 3.63) is 47.5 Å². The molecule has 0 aromatic heterocycles. The normalized spacial score (nSPS) is 11.1. The first-order chi connectivity index (χ1) is 11.5. The van der Waals surface area contributed by atoms with Gasteiger partial charge in [0.2, 0.25) is 15.8 Å². The van der Waals surface area contributed by atoms with Crippen LogP contribution >= 0.6 is 11.6 Å². The van der Waals surface area contributed by atoms with Crippen LogP contribution in [0.15, 0.2) is 47.4 Å². The van der Waals surface area contributed by atoms with E-state index in [9.17, 15) is 8.42 Å². The second kappa shape index (κ2) is 8.23. The second-order valence-corrected chi connectivity index (χ2v) is 6.90. The Morgan fingerprint density at radius 1 is 1.00 bits per heavy atom. The molecule has 0 aliphatic carbocycles. The first-order valence-electron chi connectivity index (χ1n) is 7.07. The maximum Gasteiger partial charge on any atom is 0.240 e. The van der Waals surface area contributed by atoms with Crippen LogP contribution in [0.5, 0.6) is 17.2 Å². The monoisotopic (exact) mass is 371 g/mol. The molecule has 0 aliphatic rings. The highest BCUT2D eigenvalue weighted by molar-refractivity contribution is 7.89. The van der Waals surface area contributed by atoms with Gasteiger partial charge in [0.1, 0.15) is 6.61 Å². The Kier molecular flexibility index (Phi) is 6.30. The Morgan fingerprint density at radius 3 is 2.29 bits per heavy atom. The third-order valence-electron chi connectivity index (χ3n) is 3.14. The summed E-state index contributed by atoms with van der Waals surface area (Å²) in [5.74, 6) is 1.47. The summed E-state index contributed by atoms with van der Waals surface area (Å²) in [7, 11) is -0.567. The van der Waals surface area contributed by atoms with Gasteiger partial charge in [-0.25, -0.2) is 13.1 Å². The fourth-order valence-electron chi connectivity index (χ4n) is 2.01. The van der Waals surface area contributed by atoms with Gasteiger partial charge < -0.3 is 14.2 Å². The van der Waals surface area contributed by atoms with Crippen LogP contribution in [-0.2, 0) is 10.0 Å². The summed E-state index contributed by atoms with van der Waals surface area (Å²) >= 11 is 5.75. The van der Waals surface area contributed by atoms with E-state index in [0.29, 0.717) is 22.3 Å². The largest absolute Gasteiger partial charge is 0.493 e. The fraction of sp³-hybridized carbons (Fsp3) is 0.250. The lowest BCUT2D eigenvalue weighted by atomic mass is 10.3. The summed E-state index contributed by atoms with van der Waals surface area (Å²) in [5, 5.41) is 0.474. The van der Waals surface area contributed by atoms with Crippen LogP contribution in [0.1, 0.15) is 0 Å². The molecule has 6 nitrogen and oxygen atoms in total. The summed E-state index contributed by atoms with van der Waals surface area (Å²) in [6, 6.07) is 11.1. The number of methoxy groups -OCH3 is 2. The lowest BCUT2D eigenvalue weighted by Crippen LogP contribution is -2.28. The van der Waals surface area contributed by atoms with Gasteiger partial charge >= 0.3 is 0 Å². The highest BCUT2D eigenvalue weighted by Gasteiger charge is 2.14. The highest BCUT2D eigenvalue weighted by atomic mass is 35.5. The third-order valence-corrected chi connectivity index (χ3v) is 4.87. The molecule has 1 N–H and O–H groups in total. The molecule has 8 heteroatoms. The van der Waals surface area contributed by atoms with E-state index in [4.69, 9.17) is 25.8 Å². The van der Waals surface area contributed by atoms with Crippen molar-refractivity contribution in [3.8, 4) is 17.2 Å². The van der Waals surface area contributed by atoms with E-state index in [0.717, 1.165) is 0 Å². The van der Waals surface area contributed by atoms with E-state index in [2.05, 4.69) is 4.72 Å². The predicted octanol–water partition coefficient (Wildman–Crippen LogP) is 2.71. The number of rotatable bonds is 8. The van der Waals surface area contributed by atoms with Crippen LogP contribution in [0.2, 0.25) is 5.02 Å². The number of sulfonamides is 1. The van der Waals surface area contributed by atoms with Gasteiger partial charge in [-0.3, -0.25) is 0 Å². The van der Waals surface area contributed by atoms with Crippen molar-refractivity contribution in [1.29, 1.82) is 0 Å². The van der Waals surface area contributed by atoms with Gasteiger partial charge in [-0.15, -0.1) is 0 Å². The number of benzene rings is 2. The van der Waals surface area contributed by atoms with Crippen LogP contribution in [0.4, 0.5) is 0 Å². The zero-order valence-corrected chi connectivity index (χ0v) is 14.9. The van der Waals surface area contributed by atoms with Crippen LogP contribution < -0.4 is 18.9 Å².